The highest BCUT2D eigenvalue weighted by molar-refractivity contribution is 7.98. The smallest absolute Gasteiger partial charge is 0.273 e. The highest BCUT2D eigenvalue weighted by atomic mass is 35.5. The summed E-state index contributed by atoms with van der Waals surface area (Å²) in [6.45, 7) is 1.57. The highest BCUT2D eigenvalue weighted by Crippen LogP contribution is 2.29. The Morgan fingerprint density at radius 1 is 0.927 bits per heavy atom. The lowest BCUT2D eigenvalue weighted by Gasteiger charge is -2.31. The average molecular weight is 600 g/mol. The van der Waals surface area contributed by atoms with Crippen LogP contribution in [0.3, 0.4) is 0 Å². The molecule has 208 valence electrons. The molecule has 0 aliphatic carbocycles. The van der Waals surface area contributed by atoms with Crippen molar-refractivity contribution in [3.63, 3.8) is 0 Å². The molecule has 41 heavy (non-hydrogen) atoms. The number of rotatable bonds is 9. The average Bonchev–Trinajstić information content (AvgIpc) is 3.64. The van der Waals surface area contributed by atoms with Crippen molar-refractivity contribution in [3.8, 4) is 5.69 Å². The first-order chi connectivity index (χ1) is 20.1. The molecule has 1 amide bonds. The number of piperidine rings is 1. The molecule has 1 fully saturated rings. The van der Waals surface area contributed by atoms with E-state index in [0.717, 1.165) is 59.6 Å². The number of thioether (sulfide) groups is 1. The van der Waals surface area contributed by atoms with Crippen molar-refractivity contribution >= 4 is 40.6 Å². The third-order valence-corrected chi connectivity index (χ3v) is 9.54. The number of thiazole rings is 1. The molecule has 9 heteroatoms. The maximum absolute atomic E-state index is 13.2. The van der Waals surface area contributed by atoms with Crippen LogP contribution in [0.25, 0.3) is 5.69 Å². The van der Waals surface area contributed by atoms with E-state index in [4.69, 9.17) is 16.6 Å². The zero-order valence-electron chi connectivity index (χ0n) is 22.5. The van der Waals surface area contributed by atoms with Gasteiger partial charge in [0.15, 0.2) is 5.16 Å². The van der Waals surface area contributed by atoms with Gasteiger partial charge < -0.3 is 4.90 Å². The maximum Gasteiger partial charge on any atom is 0.273 e. The molecule has 0 radical (unpaired) electrons. The number of benzene rings is 3. The van der Waals surface area contributed by atoms with Crippen LogP contribution in [-0.4, -0.2) is 43.6 Å². The molecule has 0 atom stereocenters. The number of carbonyl (C=O) groups excluding carboxylic acids is 1. The lowest BCUT2D eigenvalue weighted by Crippen LogP contribution is -2.39. The molecule has 3 aromatic carbocycles. The van der Waals surface area contributed by atoms with Crippen molar-refractivity contribution in [3.05, 3.63) is 123 Å². The van der Waals surface area contributed by atoms with Gasteiger partial charge in [0, 0.05) is 29.9 Å². The van der Waals surface area contributed by atoms with Gasteiger partial charge in [-0.3, -0.25) is 9.36 Å². The number of hydrogen-bond acceptors (Lipinski definition) is 6. The molecule has 0 unspecified atom stereocenters. The number of amides is 1. The van der Waals surface area contributed by atoms with E-state index in [1.807, 2.05) is 52.7 Å². The Balaban J connectivity index is 1.10. The number of hydrogen-bond donors (Lipinski definition) is 0. The number of carbonyl (C=O) groups is 1. The van der Waals surface area contributed by atoms with E-state index in [1.165, 1.54) is 16.9 Å². The molecule has 1 aliphatic rings. The van der Waals surface area contributed by atoms with Crippen LogP contribution in [0.2, 0.25) is 5.02 Å². The van der Waals surface area contributed by atoms with Crippen molar-refractivity contribution in [1.29, 1.82) is 0 Å². The molecule has 0 saturated carbocycles. The first kappa shape index (κ1) is 27.7. The summed E-state index contributed by atoms with van der Waals surface area (Å²) in [6, 6.07) is 28.6. The topological polar surface area (TPSA) is 63.9 Å². The second-order valence-electron chi connectivity index (χ2n) is 10.2. The molecule has 5 aromatic rings. The fraction of sp³-hybridized carbons (Fsp3) is 0.250. The first-order valence-corrected chi connectivity index (χ1v) is 16.0. The molecule has 1 aliphatic heterocycles. The van der Waals surface area contributed by atoms with Crippen molar-refractivity contribution in [1.82, 2.24) is 24.6 Å². The summed E-state index contributed by atoms with van der Waals surface area (Å²) in [5.41, 5.74) is 3.99. The van der Waals surface area contributed by atoms with Crippen LogP contribution in [0, 0.1) is 5.92 Å². The molecule has 6 nitrogen and oxygen atoms in total. The molecular formula is C32H30ClN5OS2. The summed E-state index contributed by atoms with van der Waals surface area (Å²) in [6.07, 6.45) is 3.78. The molecule has 0 N–H and O–H groups in total. The summed E-state index contributed by atoms with van der Waals surface area (Å²) < 4.78 is 2.06. The summed E-state index contributed by atoms with van der Waals surface area (Å²) in [7, 11) is 0. The zero-order chi connectivity index (χ0) is 28.0. The van der Waals surface area contributed by atoms with E-state index < -0.39 is 0 Å². The van der Waals surface area contributed by atoms with E-state index in [0.29, 0.717) is 28.8 Å². The van der Waals surface area contributed by atoms with Crippen molar-refractivity contribution in [2.75, 3.05) is 13.1 Å². The summed E-state index contributed by atoms with van der Waals surface area (Å²) in [5.74, 6) is 2.09. The van der Waals surface area contributed by atoms with Gasteiger partial charge in [-0.15, -0.1) is 21.5 Å². The lowest BCUT2D eigenvalue weighted by molar-refractivity contribution is 0.0685. The zero-order valence-corrected chi connectivity index (χ0v) is 24.9. The molecule has 1 saturated heterocycles. The molecule has 0 bridgehead atoms. The van der Waals surface area contributed by atoms with Gasteiger partial charge in [-0.1, -0.05) is 90.1 Å². The molecule has 2 aromatic heterocycles. The van der Waals surface area contributed by atoms with Crippen molar-refractivity contribution in [2.45, 2.75) is 36.6 Å². The molecule has 3 heterocycles. The minimum absolute atomic E-state index is 0.0305. The Morgan fingerprint density at radius 3 is 2.39 bits per heavy atom. The standard InChI is InChI=1S/C32H30ClN5OS2/c33-26-12-7-13-27(20-26)38-29(19-24-10-5-2-6-11-24)35-36-32(38)41-22-30-34-28(21-40-30)31(39)37-16-14-25(15-17-37)18-23-8-3-1-4-9-23/h1-13,20-21,25H,14-19,22H2. The van der Waals surface area contributed by atoms with Gasteiger partial charge in [0.1, 0.15) is 16.5 Å². The Bertz CT molecular complexity index is 1600. The quantitative estimate of drug-likeness (QED) is 0.166. The van der Waals surface area contributed by atoms with Gasteiger partial charge in [-0.25, -0.2) is 4.98 Å². The second-order valence-corrected chi connectivity index (χ2v) is 12.5. The van der Waals surface area contributed by atoms with Gasteiger partial charge >= 0.3 is 0 Å². The van der Waals surface area contributed by atoms with Gasteiger partial charge in [-0.05, 0) is 54.5 Å². The monoisotopic (exact) mass is 599 g/mol. The fourth-order valence-electron chi connectivity index (χ4n) is 5.21. The lowest BCUT2D eigenvalue weighted by atomic mass is 9.90. The third-order valence-electron chi connectivity index (χ3n) is 7.34. The minimum Gasteiger partial charge on any atom is -0.337 e. The SMILES string of the molecule is O=C(c1csc(CSc2nnc(Cc3ccccc3)n2-c2cccc(Cl)c2)n1)N1CCC(Cc2ccccc2)CC1. The van der Waals surface area contributed by atoms with Crippen molar-refractivity contribution < 1.29 is 4.79 Å². The van der Waals surface area contributed by atoms with E-state index in [-0.39, 0.29) is 5.91 Å². The third kappa shape index (κ3) is 6.89. The van der Waals surface area contributed by atoms with Gasteiger partial charge in [0.2, 0.25) is 0 Å². The van der Waals surface area contributed by atoms with Gasteiger partial charge in [0.05, 0.1) is 11.4 Å². The van der Waals surface area contributed by atoms with Crippen LogP contribution in [-0.2, 0) is 18.6 Å². The predicted octanol–water partition coefficient (Wildman–Crippen LogP) is 7.36. The van der Waals surface area contributed by atoms with Gasteiger partial charge in [-0.2, -0.15) is 0 Å². The normalized spacial score (nSPS) is 13.9. The van der Waals surface area contributed by atoms with Crippen LogP contribution in [0.15, 0.2) is 95.5 Å². The maximum atomic E-state index is 13.2. The number of nitrogens with zero attached hydrogens (tertiary/aromatic N) is 5. The molecule has 0 spiro atoms. The van der Waals surface area contributed by atoms with Gasteiger partial charge in [0.25, 0.3) is 5.91 Å². The summed E-state index contributed by atoms with van der Waals surface area (Å²) in [4.78, 5) is 19.9. The van der Waals surface area contributed by atoms with E-state index in [1.54, 1.807) is 11.8 Å². The Morgan fingerprint density at radius 2 is 1.66 bits per heavy atom. The Kier molecular flexibility index (Phi) is 8.80. The fourth-order valence-corrected chi connectivity index (χ4v) is 7.15. The molecule has 6 rings (SSSR count). The summed E-state index contributed by atoms with van der Waals surface area (Å²) >= 11 is 9.42. The largest absolute Gasteiger partial charge is 0.337 e. The van der Waals surface area contributed by atoms with Crippen molar-refractivity contribution in [2.24, 2.45) is 5.92 Å². The predicted molar refractivity (Wildman–Crippen MR) is 166 cm³/mol. The molecular weight excluding hydrogens is 570 g/mol. The van der Waals surface area contributed by atoms with Crippen LogP contribution >= 0.6 is 34.7 Å². The Labute approximate surface area is 253 Å². The number of aromatic nitrogens is 4. The van der Waals surface area contributed by atoms with Crippen LogP contribution in [0.5, 0.6) is 0 Å². The minimum atomic E-state index is 0.0305. The second kappa shape index (κ2) is 13.0. The highest BCUT2D eigenvalue weighted by Gasteiger charge is 2.25. The van der Waals surface area contributed by atoms with Crippen LogP contribution < -0.4 is 0 Å². The van der Waals surface area contributed by atoms with Crippen LogP contribution in [0.4, 0.5) is 0 Å². The van der Waals surface area contributed by atoms with E-state index >= 15 is 0 Å². The van der Waals surface area contributed by atoms with E-state index in [2.05, 4.69) is 57.2 Å². The Hall–Kier alpha value is -3.46. The van der Waals surface area contributed by atoms with E-state index in [9.17, 15) is 4.79 Å². The van der Waals surface area contributed by atoms with Crippen LogP contribution in [0.1, 0.15) is 45.3 Å². The first-order valence-electron chi connectivity index (χ1n) is 13.8. The summed E-state index contributed by atoms with van der Waals surface area (Å²) in [5, 5.41) is 13.2. The number of likely N-dealkylation sites (tertiary alicyclic amines) is 1. The number of halogens is 1.